The number of hydrogen-bond acceptors (Lipinski definition) is 9. The number of carbonyl (C=O) groups is 2. The van der Waals surface area contributed by atoms with Gasteiger partial charge in [0.2, 0.25) is 0 Å². The first kappa shape index (κ1) is 21.2. The largest absolute Gasteiger partial charge is 0.463 e. The average Bonchev–Trinajstić information content (AvgIpc) is 3.42. The van der Waals surface area contributed by atoms with Crippen LogP contribution in [0.15, 0.2) is 22.6 Å². The van der Waals surface area contributed by atoms with Crippen molar-refractivity contribution in [3.63, 3.8) is 0 Å². The summed E-state index contributed by atoms with van der Waals surface area (Å²) in [5, 5.41) is 39.5. The summed E-state index contributed by atoms with van der Waals surface area (Å²) in [5.41, 5.74) is 0.873. The number of ether oxygens (including phenoxy) is 2. The fourth-order valence-electron chi connectivity index (χ4n) is 3.68. The Morgan fingerprint density at radius 3 is 2.57 bits per heavy atom. The van der Waals surface area contributed by atoms with Gasteiger partial charge in [0.25, 0.3) is 0 Å². The number of ketones is 1. The second-order valence-electron chi connectivity index (χ2n) is 7.71. The van der Waals surface area contributed by atoms with E-state index >= 15 is 0 Å². The third-order valence-electron chi connectivity index (χ3n) is 5.49. The molecular formula is C20H21ClO9. The number of fused-ring (bicyclic) bond motifs is 1. The minimum absolute atomic E-state index is 0.234. The first-order valence-corrected chi connectivity index (χ1v) is 9.83. The van der Waals surface area contributed by atoms with E-state index in [0.29, 0.717) is 33.7 Å². The molecule has 2 fully saturated rings. The van der Waals surface area contributed by atoms with Crippen molar-refractivity contribution >= 4 is 34.3 Å². The van der Waals surface area contributed by atoms with Crippen molar-refractivity contribution in [1.82, 2.24) is 0 Å². The van der Waals surface area contributed by atoms with Gasteiger partial charge in [-0.2, -0.15) is 0 Å². The number of aliphatic hydroxyl groups excluding tert-OH is 4. The van der Waals surface area contributed by atoms with Crippen LogP contribution in [0.1, 0.15) is 22.5 Å². The van der Waals surface area contributed by atoms with E-state index in [0.717, 1.165) is 0 Å². The van der Waals surface area contributed by atoms with Gasteiger partial charge in [0, 0.05) is 16.9 Å². The lowest BCUT2D eigenvalue weighted by Crippen LogP contribution is -2.58. The van der Waals surface area contributed by atoms with Gasteiger partial charge in [0.1, 0.15) is 36.8 Å². The second kappa shape index (κ2) is 7.92. The molecule has 9 nitrogen and oxygen atoms in total. The van der Waals surface area contributed by atoms with E-state index in [9.17, 15) is 30.0 Å². The quantitative estimate of drug-likeness (QED) is 0.386. The summed E-state index contributed by atoms with van der Waals surface area (Å²) in [6.45, 7) is 1.33. The van der Waals surface area contributed by atoms with Crippen molar-refractivity contribution < 1.29 is 43.9 Å². The maximum absolute atomic E-state index is 12.7. The molecule has 1 saturated carbocycles. The summed E-state index contributed by atoms with van der Waals surface area (Å²) in [5.74, 6) is -1.40. The lowest BCUT2D eigenvalue weighted by molar-refractivity contribution is -0.287. The Hall–Kier alpha value is -2.01. The number of esters is 1. The molecule has 0 bridgehead atoms. The van der Waals surface area contributed by atoms with E-state index in [4.69, 9.17) is 25.5 Å². The fraction of sp³-hybridized carbons (Fsp3) is 0.500. The molecule has 0 unspecified atom stereocenters. The van der Waals surface area contributed by atoms with Crippen LogP contribution < -0.4 is 0 Å². The van der Waals surface area contributed by atoms with Crippen molar-refractivity contribution in [2.75, 3.05) is 6.61 Å². The third-order valence-corrected chi connectivity index (χ3v) is 5.77. The van der Waals surface area contributed by atoms with Gasteiger partial charge in [-0.05, 0) is 31.5 Å². The molecule has 1 aliphatic carbocycles. The first-order chi connectivity index (χ1) is 14.2. The van der Waals surface area contributed by atoms with Crippen molar-refractivity contribution in [2.24, 2.45) is 11.8 Å². The molecule has 1 aromatic carbocycles. The number of rotatable bonds is 5. The van der Waals surface area contributed by atoms with Crippen molar-refractivity contribution in [1.29, 1.82) is 0 Å². The van der Waals surface area contributed by atoms with E-state index in [-0.39, 0.29) is 5.78 Å². The molecule has 1 aromatic heterocycles. The molecule has 1 saturated heterocycles. The molecule has 0 radical (unpaired) electrons. The average molecular weight is 441 g/mol. The summed E-state index contributed by atoms with van der Waals surface area (Å²) in [4.78, 5) is 25.0. The molecule has 1 aliphatic heterocycles. The van der Waals surface area contributed by atoms with Crippen LogP contribution in [-0.4, -0.2) is 69.5 Å². The zero-order valence-electron chi connectivity index (χ0n) is 15.9. The molecule has 4 N–H and O–H groups in total. The van der Waals surface area contributed by atoms with Gasteiger partial charge in [-0.15, -0.1) is 0 Å². The molecule has 2 aliphatic rings. The normalized spacial score (nSPS) is 33.5. The predicted molar refractivity (Wildman–Crippen MR) is 102 cm³/mol. The van der Waals surface area contributed by atoms with Gasteiger partial charge < -0.3 is 34.3 Å². The van der Waals surface area contributed by atoms with E-state index in [2.05, 4.69) is 0 Å². The fourth-order valence-corrected chi connectivity index (χ4v) is 3.95. The minimum atomic E-state index is -1.71. The van der Waals surface area contributed by atoms with Crippen molar-refractivity contribution in [3.8, 4) is 0 Å². The molecular weight excluding hydrogens is 420 g/mol. The standard InChI is InChI=1S/C20H21ClO9/c1-7-2-9-3-8(4-12(21)18(9)29-7)14(22)10-5-11(10)19(26)28-6-13-15(23)16(24)17(25)20(27)30-13/h2-4,10-11,13,15-17,20,23-25,27H,5-6H2,1H3/t10-,11-,13+,15-,16-,17+,20-/m0/s1. The second-order valence-corrected chi connectivity index (χ2v) is 8.12. The molecule has 2 heterocycles. The first-order valence-electron chi connectivity index (χ1n) is 9.45. The van der Waals surface area contributed by atoms with Crippen LogP contribution in [0.2, 0.25) is 5.02 Å². The molecule has 10 heteroatoms. The number of halogens is 1. The Kier molecular flexibility index (Phi) is 5.60. The Morgan fingerprint density at radius 1 is 1.10 bits per heavy atom. The number of aliphatic hydroxyl groups is 4. The summed E-state index contributed by atoms with van der Waals surface area (Å²) in [6.07, 6.45) is -7.45. The lowest BCUT2D eigenvalue weighted by atomic mass is 9.99. The van der Waals surface area contributed by atoms with Crippen molar-refractivity contribution in [2.45, 2.75) is 44.1 Å². The van der Waals surface area contributed by atoms with Gasteiger partial charge >= 0.3 is 5.97 Å². The topological polar surface area (TPSA) is 147 Å². The number of aryl methyl sites for hydroxylation is 1. The van der Waals surface area contributed by atoms with Crippen LogP contribution in [0.3, 0.4) is 0 Å². The molecule has 0 spiro atoms. The van der Waals surface area contributed by atoms with Crippen molar-refractivity contribution in [3.05, 3.63) is 34.5 Å². The summed E-state index contributed by atoms with van der Waals surface area (Å²) in [6, 6.07) is 4.95. The molecule has 30 heavy (non-hydrogen) atoms. The maximum atomic E-state index is 12.7. The molecule has 162 valence electrons. The highest BCUT2D eigenvalue weighted by molar-refractivity contribution is 6.35. The number of Topliss-reactive ketones (excluding diaryl/α,β-unsaturated/α-hetero) is 1. The van der Waals surface area contributed by atoms with E-state index in [1.165, 1.54) is 6.07 Å². The van der Waals surface area contributed by atoms with E-state index in [1.807, 2.05) is 0 Å². The van der Waals surface area contributed by atoms with Gasteiger partial charge in [-0.3, -0.25) is 9.59 Å². The number of carbonyl (C=O) groups excluding carboxylic acids is 2. The van der Waals surface area contributed by atoms with E-state index < -0.39 is 55.1 Å². The number of hydrogen-bond donors (Lipinski definition) is 4. The summed E-state index contributed by atoms with van der Waals surface area (Å²) in [7, 11) is 0. The Labute approximate surface area is 175 Å². The summed E-state index contributed by atoms with van der Waals surface area (Å²) >= 11 is 6.19. The van der Waals surface area contributed by atoms with Crippen LogP contribution in [0.4, 0.5) is 0 Å². The van der Waals surface area contributed by atoms with Crippen LogP contribution >= 0.6 is 11.6 Å². The summed E-state index contributed by atoms with van der Waals surface area (Å²) < 4.78 is 15.5. The Balaban J connectivity index is 1.36. The van der Waals surface area contributed by atoms with Crippen LogP contribution in [0.5, 0.6) is 0 Å². The number of benzene rings is 1. The minimum Gasteiger partial charge on any atom is -0.463 e. The third kappa shape index (κ3) is 3.84. The highest BCUT2D eigenvalue weighted by atomic mass is 35.5. The predicted octanol–water partition coefficient (Wildman–Crippen LogP) is 0.557. The SMILES string of the molecule is Cc1cc2cc(C(=O)[C@H]3C[C@@H]3C(=O)OC[C@H]3O[C@H](O)[C@H](O)[C@@H](O)[C@H]3O)cc(Cl)c2o1. The van der Waals surface area contributed by atoms with Crippen LogP contribution in [-0.2, 0) is 14.3 Å². The maximum Gasteiger partial charge on any atom is 0.309 e. The lowest BCUT2D eigenvalue weighted by Gasteiger charge is -2.37. The van der Waals surface area contributed by atoms with Crippen LogP contribution in [0.25, 0.3) is 11.0 Å². The van der Waals surface area contributed by atoms with Gasteiger partial charge in [-0.25, -0.2) is 0 Å². The number of furan rings is 1. The molecule has 2 aromatic rings. The molecule has 0 amide bonds. The zero-order valence-corrected chi connectivity index (χ0v) is 16.7. The van der Waals surface area contributed by atoms with Gasteiger partial charge in [0.15, 0.2) is 17.7 Å². The molecule has 4 rings (SSSR count). The highest BCUT2D eigenvalue weighted by Crippen LogP contribution is 2.43. The zero-order chi connectivity index (χ0) is 21.7. The smallest absolute Gasteiger partial charge is 0.309 e. The van der Waals surface area contributed by atoms with Crippen LogP contribution in [0, 0.1) is 18.8 Å². The van der Waals surface area contributed by atoms with Gasteiger partial charge in [0.05, 0.1) is 10.9 Å². The highest BCUT2D eigenvalue weighted by Gasteiger charge is 2.50. The molecule has 7 atom stereocenters. The van der Waals surface area contributed by atoms with Gasteiger partial charge in [-0.1, -0.05) is 11.6 Å². The Bertz CT molecular complexity index is 986. The Morgan fingerprint density at radius 2 is 1.83 bits per heavy atom. The van der Waals surface area contributed by atoms with E-state index in [1.54, 1.807) is 19.1 Å². The monoisotopic (exact) mass is 440 g/mol.